The molecule has 1 saturated heterocycles. The van der Waals surface area contributed by atoms with Crippen molar-refractivity contribution in [2.24, 2.45) is 11.8 Å². The Balaban J connectivity index is 1.63. The fourth-order valence-electron chi connectivity index (χ4n) is 4.14. The summed E-state index contributed by atoms with van der Waals surface area (Å²) >= 11 is 0. The molecule has 25 heavy (non-hydrogen) atoms. The second kappa shape index (κ2) is 6.09. The quantitative estimate of drug-likeness (QED) is 0.831. The second-order valence-electron chi connectivity index (χ2n) is 7.94. The normalized spacial score (nSPS) is 27.4. The number of anilines is 1. The molecule has 0 radical (unpaired) electrons. The number of carbonyl (C=O) groups excluding carboxylic acids is 1. The summed E-state index contributed by atoms with van der Waals surface area (Å²) in [6, 6.07) is 5.41. The molecule has 5 nitrogen and oxygen atoms in total. The topological polar surface area (TPSA) is 57.7 Å². The average Bonchev–Trinajstić information content (AvgIpc) is 3.36. The lowest BCUT2D eigenvalue weighted by molar-refractivity contribution is -0.120. The Morgan fingerprint density at radius 3 is 2.60 bits per heavy atom. The van der Waals surface area contributed by atoms with Gasteiger partial charge in [-0.15, -0.1) is 0 Å². The van der Waals surface area contributed by atoms with E-state index in [0.717, 1.165) is 43.4 Å². The van der Waals surface area contributed by atoms with E-state index < -0.39 is 10.0 Å². The van der Waals surface area contributed by atoms with Crippen LogP contribution in [0.1, 0.15) is 45.1 Å². The number of nitrogens with zero attached hydrogens (tertiary/aromatic N) is 2. The highest BCUT2D eigenvalue weighted by Gasteiger charge is 2.40. The molecular weight excluding hydrogens is 336 g/mol. The Morgan fingerprint density at radius 1 is 1.16 bits per heavy atom. The molecule has 2 aliphatic heterocycles. The predicted octanol–water partition coefficient (Wildman–Crippen LogP) is 2.79. The van der Waals surface area contributed by atoms with Gasteiger partial charge in [0.1, 0.15) is 0 Å². The molecule has 3 aliphatic rings. The molecule has 4 rings (SSSR count). The number of rotatable bonds is 3. The molecule has 136 valence electrons. The third-order valence-corrected chi connectivity index (χ3v) is 7.55. The van der Waals surface area contributed by atoms with Crippen molar-refractivity contribution in [1.29, 1.82) is 0 Å². The van der Waals surface area contributed by atoms with Crippen molar-refractivity contribution < 1.29 is 13.2 Å². The minimum absolute atomic E-state index is 0.107. The van der Waals surface area contributed by atoms with Gasteiger partial charge in [0.15, 0.2) is 0 Å². The van der Waals surface area contributed by atoms with Crippen LogP contribution in [0.2, 0.25) is 0 Å². The molecule has 1 aromatic carbocycles. The van der Waals surface area contributed by atoms with Crippen molar-refractivity contribution in [2.75, 3.05) is 18.0 Å². The van der Waals surface area contributed by atoms with Crippen LogP contribution in [0.25, 0.3) is 0 Å². The number of carbonyl (C=O) groups is 1. The zero-order chi connectivity index (χ0) is 17.8. The van der Waals surface area contributed by atoms with Crippen LogP contribution in [0.3, 0.4) is 0 Å². The van der Waals surface area contributed by atoms with Crippen molar-refractivity contribution >= 4 is 21.6 Å². The highest BCUT2D eigenvalue weighted by Crippen LogP contribution is 2.40. The number of sulfonamides is 1. The van der Waals surface area contributed by atoms with Gasteiger partial charge in [0.25, 0.3) is 0 Å². The van der Waals surface area contributed by atoms with E-state index >= 15 is 0 Å². The molecule has 6 heteroatoms. The lowest BCUT2D eigenvalue weighted by atomic mass is 10.0. The molecule has 0 aromatic heterocycles. The highest BCUT2D eigenvalue weighted by molar-refractivity contribution is 7.89. The molecule has 2 heterocycles. The lowest BCUT2D eigenvalue weighted by Gasteiger charge is -2.30. The Bertz CT molecular complexity index is 801. The Hall–Kier alpha value is -1.40. The zero-order valence-electron chi connectivity index (χ0n) is 14.9. The number of hydrogen-bond acceptors (Lipinski definition) is 3. The van der Waals surface area contributed by atoms with Gasteiger partial charge in [-0.1, -0.05) is 6.92 Å². The van der Waals surface area contributed by atoms with E-state index in [9.17, 15) is 13.2 Å². The summed E-state index contributed by atoms with van der Waals surface area (Å²) in [7, 11) is -3.45. The van der Waals surface area contributed by atoms with Crippen molar-refractivity contribution in [3.05, 3.63) is 23.8 Å². The number of fused-ring (bicyclic) bond motifs is 1. The minimum atomic E-state index is -3.45. The number of benzene rings is 1. The standard InChI is InChI=1S/C19H26N2O3S/c1-13-4-3-9-20(12-13)25(23,24)17-7-8-18-16(11-17)10-14(2)21(18)19(22)15-5-6-15/h7-8,11,13-15H,3-6,9-10,12H2,1-2H3/t13-,14+/m1/s1. The van der Waals surface area contributed by atoms with Crippen molar-refractivity contribution in [3.8, 4) is 0 Å². The number of amides is 1. The summed E-state index contributed by atoms with van der Waals surface area (Å²) in [6.45, 7) is 5.35. The predicted molar refractivity (Wildman–Crippen MR) is 97.0 cm³/mol. The van der Waals surface area contributed by atoms with Crippen molar-refractivity contribution in [3.63, 3.8) is 0 Å². The molecule has 0 spiro atoms. The van der Waals surface area contributed by atoms with Crippen LogP contribution in [0, 0.1) is 11.8 Å². The zero-order valence-corrected chi connectivity index (χ0v) is 15.8. The Kier molecular flexibility index (Phi) is 4.15. The maximum Gasteiger partial charge on any atom is 0.243 e. The van der Waals surface area contributed by atoms with Gasteiger partial charge in [0, 0.05) is 30.7 Å². The summed E-state index contributed by atoms with van der Waals surface area (Å²) in [5.74, 6) is 0.781. The summed E-state index contributed by atoms with van der Waals surface area (Å²) in [6.07, 6.45) is 4.71. The van der Waals surface area contributed by atoms with Gasteiger partial charge in [0.05, 0.1) is 4.90 Å². The molecule has 0 bridgehead atoms. The fourth-order valence-corrected chi connectivity index (χ4v) is 5.79. The van der Waals surface area contributed by atoms with E-state index in [1.54, 1.807) is 16.4 Å². The number of piperidine rings is 1. The van der Waals surface area contributed by atoms with Gasteiger partial charge in [-0.2, -0.15) is 4.31 Å². The van der Waals surface area contributed by atoms with Crippen LogP contribution in [0.5, 0.6) is 0 Å². The maximum atomic E-state index is 13.0. The lowest BCUT2D eigenvalue weighted by Crippen LogP contribution is -2.39. The molecule has 1 amide bonds. The van der Waals surface area contributed by atoms with Crippen molar-refractivity contribution in [1.82, 2.24) is 4.31 Å². The monoisotopic (exact) mass is 362 g/mol. The van der Waals surface area contributed by atoms with Gasteiger partial charge in [-0.3, -0.25) is 4.79 Å². The van der Waals surface area contributed by atoms with Crippen molar-refractivity contribution in [2.45, 2.75) is 56.9 Å². The summed E-state index contributed by atoms with van der Waals surface area (Å²) in [5.41, 5.74) is 1.88. The first kappa shape index (κ1) is 17.0. The van der Waals surface area contributed by atoms with Gasteiger partial charge < -0.3 is 4.90 Å². The minimum Gasteiger partial charge on any atom is -0.309 e. The van der Waals surface area contributed by atoms with E-state index in [1.807, 2.05) is 17.9 Å². The average molecular weight is 362 g/mol. The SMILES string of the molecule is C[C@@H]1CCCN(S(=O)(=O)c2ccc3c(c2)C[C@H](C)N3C(=O)C2CC2)C1. The van der Waals surface area contributed by atoms with Crippen LogP contribution < -0.4 is 4.90 Å². The van der Waals surface area contributed by atoms with Gasteiger partial charge >= 0.3 is 0 Å². The highest BCUT2D eigenvalue weighted by atomic mass is 32.2. The van der Waals surface area contributed by atoms with Crippen LogP contribution in [0.15, 0.2) is 23.1 Å². The van der Waals surface area contributed by atoms with E-state index in [4.69, 9.17) is 0 Å². The molecule has 1 aromatic rings. The molecule has 1 aliphatic carbocycles. The maximum absolute atomic E-state index is 13.0. The van der Waals surface area contributed by atoms with E-state index in [-0.39, 0.29) is 17.9 Å². The number of hydrogen-bond donors (Lipinski definition) is 0. The first-order valence-electron chi connectivity index (χ1n) is 9.34. The smallest absolute Gasteiger partial charge is 0.243 e. The fraction of sp³-hybridized carbons (Fsp3) is 0.632. The van der Waals surface area contributed by atoms with Gasteiger partial charge in [-0.05, 0) is 68.7 Å². The first-order valence-corrected chi connectivity index (χ1v) is 10.8. The van der Waals surface area contributed by atoms with E-state index in [1.165, 1.54) is 0 Å². The largest absolute Gasteiger partial charge is 0.309 e. The van der Waals surface area contributed by atoms with Crippen LogP contribution >= 0.6 is 0 Å². The third kappa shape index (κ3) is 2.99. The molecule has 2 atom stereocenters. The van der Waals surface area contributed by atoms with Crippen LogP contribution in [-0.4, -0.2) is 37.8 Å². The van der Waals surface area contributed by atoms with E-state index in [2.05, 4.69) is 6.92 Å². The second-order valence-corrected chi connectivity index (χ2v) is 9.87. The molecule has 0 N–H and O–H groups in total. The van der Waals surface area contributed by atoms with Crippen LogP contribution in [0.4, 0.5) is 5.69 Å². The molecule has 1 saturated carbocycles. The summed E-state index contributed by atoms with van der Waals surface area (Å²) < 4.78 is 27.6. The Labute approximate surface area is 150 Å². The van der Waals surface area contributed by atoms with Gasteiger partial charge in [0.2, 0.25) is 15.9 Å². The summed E-state index contributed by atoms with van der Waals surface area (Å²) in [4.78, 5) is 14.8. The molecule has 2 fully saturated rings. The van der Waals surface area contributed by atoms with E-state index in [0.29, 0.717) is 23.9 Å². The van der Waals surface area contributed by atoms with Crippen LogP contribution in [-0.2, 0) is 21.2 Å². The summed E-state index contributed by atoms with van der Waals surface area (Å²) in [5, 5.41) is 0. The molecule has 0 unspecified atom stereocenters. The molecular formula is C19H26N2O3S. The third-order valence-electron chi connectivity index (χ3n) is 5.69. The Morgan fingerprint density at radius 2 is 1.92 bits per heavy atom. The first-order chi connectivity index (χ1) is 11.9. The van der Waals surface area contributed by atoms with Gasteiger partial charge in [-0.25, -0.2) is 8.42 Å².